The lowest BCUT2D eigenvalue weighted by Gasteiger charge is -2.26. The number of unbranched alkanes of at least 4 members (excludes halogenated alkanes) is 3. The Morgan fingerprint density at radius 3 is 2.67 bits per heavy atom. The van der Waals surface area contributed by atoms with Gasteiger partial charge in [-0.25, -0.2) is 4.98 Å². The summed E-state index contributed by atoms with van der Waals surface area (Å²) in [4.78, 5) is 32.1. The SMILES string of the molecule is CCCCCCn1c(SCC(=O)N2CCCCC2)nc2ccccc2c1=O. The lowest BCUT2D eigenvalue weighted by atomic mass is 10.1. The number of aromatic nitrogens is 2. The normalized spacial score (nSPS) is 14.6. The average molecular weight is 388 g/mol. The molecule has 2 aromatic rings. The van der Waals surface area contributed by atoms with Crippen LogP contribution in [0.15, 0.2) is 34.2 Å². The third-order valence-corrected chi connectivity index (χ3v) is 6.06. The Hall–Kier alpha value is -1.82. The van der Waals surface area contributed by atoms with Gasteiger partial charge in [-0.2, -0.15) is 0 Å². The second-order valence-electron chi connectivity index (χ2n) is 7.16. The standard InChI is InChI=1S/C21H29N3O2S/c1-2-3-4-10-15-24-20(26)17-11-6-7-12-18(17)22-21(24)27-16-19(25)23-13-8-5-9-14-23/h6-7,11-12H,2-5,8-10,13-16H2,1H3. The van der Waals surface area contributed by atoms with Gasteiger partial charge in [0.25, 0.3) is 5.56 Å². The van der Waals surface area contributed by atoms with Gasteiger partial charge in [0, 0.05) is 19.6 Å². The molecular weight excluding hydrogens is 358 g/mol. The van der Waals surface area contributed by atoms with Crippen LogP contribution in [-0.4, -0.2) is 39.2 Å². The maximum Gasteiger partial charge on any atom is 0.262 e. The summed E-state index contributed by atoms with van der Waals surface area (Å²) >= 11 is 1.40. The van der Waals surface area contributed by atoms with Gasteiger partial charge in [0.15, 0.2) is 5.16 Å². The molecule has 3 rings (SSSR count). The number of hydrogen-bond acceptors (Lipinski definition) is 4. The highest BCUT2D eigenvalue weighted by atomic mass is 32.2. The fourth-order valence-electron chi connectivity index (χ4n) is 3.51. The van der Waals surface area contributed by atoms with Crippen LogP contribution in [0.4, 0.5) is 0 Å². The minimum absolute atomic E-state index is 0.00465. The van der Waals surface area contributed by atoms with Gasteiger partial charge >= 0.3 is 0 Å². The number of amides is 1. The molecule has 1 aromatic carbocycles. The highest BCUT2D eigenvalue weighted by Gasteiger charge is 2.18. The number of hydrogen-bond donors (Lipinski definition) is 0. The smallest absolute Gasteiger partial charge is 0.262 e. The largest absolute Gasteiger partial charge is 0.342 e. The van der Waals surface area contributed by atoms with Crippen LogP contribution in [0, 0.1) is 0 Å². The Morgan fingerprint density at radius 2 is 1.89 bits per heavy atom. The fraction of sp³-hybridized carbons (Fsp3) is 0.571. The van der Waals surface area contributed by atoms with E-state index >= 15 is 0 Å². The highest BCUT2D eigenvalue weighted by molar-refractivity contribution is 7.99. The molecule has 1 aliphatic rings. The van der Waals surface area contributed by atoms with Crippen molar-refractivity contribution in [1.82, 2.24) is 14.5 Å². The first-order valence-corrected chi connectivity index (χ1v) is 11.1. The van der Waals surface area contributed by atoms with Gasteiger partial charge in [0.2, 0.25) is 5.91 Å². The van der Waals surface area contributed by atoms with E-state index in [1.54, 1.807) is 4.57 Å². The van der Waals surface area contributed by atoms with Crippen LogP contribution in [0.1, 0.15) is 51.9 Å². The van der Waals surface area contributed by atoms with Gasteiger partial charge < -0.3 is 4.90 Å². The Balaban J connectivity index is 1.78. The van der Waals surface area contributed by atoms with Crippen molar-refractivity contribution in [2.75, 3.05) is 18.8 Å². The molecule has 27 heavy (non-hydrogen) atoms. The number of benzene rings is 1. The highest BCUT2D eigenvalue weighted by Crippen LogP contribution is 2.20. The van der Waals surface area contributed by atoms with Crippen molar-refractivity contribution >= 4 is 28.6 Å². The molecule has 1 fully saturated rings. The van der Waals surface area contributed by atoms with Crippen molar-refractivity contribution in [3.8, 4) is 0 Å². The molecule has 0 N–H and O–H groups in total. The number of piperidine rings is 1. The Morgan fingerprint density at radius 1 is 1.11 bits per heavy atom. The average Bonchev–Trinajstić information content (AvgIpc) is 2.71. The number of nitrogens with zero attached hydrogens (tertiary/aromatic N) is 3. The lowest BCUT2D eigenvalue weighted by molar-refractivity contribution is -0.129. The second kappa shape index (κ2) is 9.93. The number of thioether (sulfide) groups is 1. The van der Waals surface area contributed by atoms with Crippen LogP contribution in [0.3, 0.4) is 0 Å². The molecular formula is C21H29N3O2S. The van der Waals surface area contributed by atoms with Crippen molar-refractivity contribution in [1.29, 1.82) is 0 Å². The minimum atomic E-state index is 0.00465. The summed E-state index contributed by atoms with van der Waals surface area (Å²) in [5, 5.41) is 1.32. The van der Waals surface area contributed by atoms with Crippen molar-refractivity contribution in [2.45, 2.75) is 63.6 Å². The molecule has 6 heteroatoms. The fourth-order valence-corrected chi connectivity index (χ4v) is 4.44. The maximum absolute atomic E-state index is 13.0. The summed E-state index contributed by atoms with van der Waals surface area (Å²) in [6.45, 7) is 4.55. The topological polar surface area (TPSA) is 55.2 Å². The van der Waals surface area contributed by atoms with E-state index in [-0.39, 0.29) is 11.5 Å². The quantitative estimate of drug-likeness (QED) is 0.389. The van der Waals surface area contributed by atoms with Gasteiger partial charge in [-0.15, -0.1) is 0 Å². The molecule has 1 aromatic heterocycles. The van der Waals surface area contributed by atoms with E-state index < -0.39 is 0 Å². The van der Waals surface area contributed by atoms with Crippen LogP contribution in [0.5, 0.6) is 0 Å². The zero-order chi connectivity index (χ0) is 19.1. The second-order valence-corrected chi connectivity index (χ2v) is 8.10. The van der Waals surface area contributed by atoms with Crippen molar-refractivity contribution in [3.63, 3.8) is 0 Å². The summed E-state index contributed by atoms with van der Waals surface area (Å²) in [5.74, 6) is 0.499. The Kier molecular flexibility index (Phi) is 7.33. The molecule has 0 atom stereocenters. The summed E-state index contributed by atoms with van der Waals surface area (Å²) in [7, 11) is 0. The first-order chi connectivity index (χ1) is 13.2. The van der Waals surface area contributed by atoms with Gasteiger partial charge in [0.1, 0.15) is 0 Å². The summed E-state index contributed by atoms with van der Waals surface area (Å²) in [5.41, 5.74) is 0.713. The molecule has 0 unspecified atom stereocenters. The lowest BCUT2D eigenvalue weighted by Crippen LogP contribution is -2.37. The molecule has 0 aliphatic carbocycles. The molecule has 0 bridgehead atoms. The van der Waals surface area contributed by atoms with Gasteiger partial charge in [-0.05, 0) is 37.8 Å². The first-order valence-electron chi connectivity index (χ1n) is 10.1. The number of likely N-dealkylation sites (tertiary alicyclic amines) is 1. The molecule has 2 heterocycles. The van der Waals surface area contributed by atoms with Crippen LogP contribution < -0.4 is 5.56 Å². The van der Waals surface area contributed by atoms with Crippen LogP contribution in [0.2, 0.25) is 0 Å². The molecule has 1 aliphatic heterocycles. The van der Waals surface area contributed by atoms with E-state index in [0.29, 0.717) is 28.4 Å². The predicted molar refractivity (Wildman–Crippen MR) is 111 cm³/mol. The molecule has 0 radical (unpaired) electrons. The zero-order valence-corrected chi connectivity index (χ0v) is 17.0. The minimum Gasteiger partial charge on any atom is -0.342 e. The van der Waals surface area contributed by atoms with E-state index in [9.17, 15) is 9.59 Å². The van der Waals surface area contributed by atoms with Crippen molar-refractivity contribution in [3.05, 3.63) is 34.6 Å². The van der Waals surface area contributed by atoms with Crippen LogP contribution >= 0.6 is 11.8 Å². The van der Waals surface area contributed by atoms with E-state index in [4.69, 9.17) is 4.98 Å². The first kappa shape index (κ1) is 19.9. The third-order valence-electron chi connectivity index (χ3n) is 5.10. The number of para-hydroxylation sites is 1. The number of rotatable bonds is 8. The summed E-state index contributed by atoms with van der Waals surface area (Å²) in [6.07, 6.45) is 7.79. The van der Waals surface area contributed by atoms with Crippen LogP contribution in [0.25, 0.3) is 10.9 Å². The summed E-state index contributed by atoms with van der Waals surface area (Å²) < 4.78 is 1.77. The van der Waals surface area contributed by atoms with Crippen LogP contribution in [-0.2, 0) is 11.3 Å². The van der Waals surface area contributed by atoms with Gasteiger partial charge in [0.05, 0.1) is 16.7 Å². The molecule has 5 nitrogen and oxygen atoms in total. The summed E-state index contributed by atoms with van der Waals surface area (Å²) in [6, 6.07) is 7.47. The number of fused-ring (bicyclic) bond motifs is 1. The molecule has 1 saturated heterocycles. The van der Waals surface area contributed by atoms with Crippen molar-refractivity contribution in [2.24, 2.45) is 0 Å². The van der Waals surface area contributed by atoms with E-state index in [1.165, 1.54) is 24.6 Å². The Bertz CT molecular complexity index is 828. The number of carbonyl (C=O) groups excluding carboxylic acids is 1. The molecule has 146 valence electrons. The van der Waals surface area contributed by atoms with E-state index in [2.05, 4.69) is 6.92 Å². The predicted octanol–water partition coefficient (Wildman–Crippen LogP) is 4.08. The zero-order valence-electron chi connectivity index (χ0n) is 16.2. The Labute approximate surface area is 165 Å². The molecule has 0 saturated carbocycles. The number of carbonyl (C=O) groups is 1. The maximum atomic E-state index is 13.0. The molecule has 0 spiro atoms. The monoisotopic (exact) mass is 387 g/mol. The third kappa shape index (κ3) is 5.12. The van der Waals surface area contributed by atoms with Gasteiger partial charge in [-0.1, -0.05) is 50.1 Å². The molecule has 1 amide bonds. The van der Waals surface area contributed by atoms with E-state index in [0.717, 1.165) is 45.2 Å². The van der Waals surface area contributed by atoms with Gasteiger partial charge in [-0.3, -0.25) is 14.2 Å². The van der Waals surface area contributed by atoms with Crippen molar-refractivity contribution < 1.29 is 4.79 Å². The van der Waals surface area contributed by atoms with E-state index in [1.807, 2.05) is 29.2 Å².